The first-order chi connectivity index (χ1) is 18.5. The van der Waals surface area contributed by atoms with E-state index in [2.05, 4.69) is 79.4 Å². The molecule has 0 radical (unpaired) electrons. The fraction of sp³-hybridized carbons (Fsp3) is 0.378. The van der Waals surface area contributed by atoms with Gasteiger partial charge in [0, 0.05) is 12.3 Å². The molecule has 3 aromatic carbocycles. The average molecular weight is 497 g/mol. The fourth-order valence-corrected chi connectivity index (χ4v) is 9.66. The number of allylic oxidation sites excluding steroid dienone is 4. The second kappa shape index (κ2) is 7.92. The summed E-state index contributed by atoms with van der Waals surface area (Å²) in [6.45, 7) is 10.8. The molecule has 0 N–H and O–H groups in total. The fourth-order valence-electron chi connectivity index (χ4n) is 9.66. The number of hydrogen-bond acceptors (Lipinski definition) is 1. The summed E-state index contributed by atoms with van der Waals surface area (Å²) in [6.07, 6.45) is 10.7. The van der Waals surface area contributed by atoms with Crippen molar-refractivity contribution in [2.24, 2.45) is 40.9 Å². The highest BCUT2D eigenvalue weighted by molar-refractivity contribution is 6.02. The molecule has 3 aromatic rings. The Morgan fingerprint density at radius 1 is 0.895 bits per heavy atom. The SMILES string of the molecule is C=C(C)C(=O)CC1C2C=CC3(CC3)C3C2CC1C3C(=C)CC1c2ccccc2-c2cccc3cccc1c23. The van der Waals surface area contributed by atoms with Gasteiger partial charge in [0.2, 0.25) is 0 Å². The first-order valence-corrected chi connectivity index (χ1v) is 14.6. The highest BCUT2D eigenvalue weighted by atomic mass is 16.1. The van der Waals surface area contributed by atoms with Crippen molar-refractivity contribution >= 4 is 16.6 Å². The lowest BCUT2D eigenvalue weighted by atomic mass is 9.56. The van der Waals surface area contributed by atoms with Crippen molar-refractivity contribution in [2.75, 3.05) is 0 Å². The first kappa shape index (κ1) is 22.8. The Hall–Kier alpha value is -3.19. The quantitative estimate of drug-likeness (QED) is 0.246. The lowest BCUT2D eigenvalue weighted by Gasteiger charge is -2.47. The number of Topliss-reactive ketones (excluding diaryl/α,β-unsaturated/α-hetero) is 1. The molecule has 0 amide bonds. The molecule has 2 bridgehead atoms. The third-order valence-corrected chi connectivity index (χ3v) is 11.3. The third kappa shape index (κ3) is 3.02. The van der Waals surface area contributed by atoms with E-state index in [1.54, 1.807) is 0 Å². The summed E-state index contributed by atoms with van der Waals surface area (Å²) >= 11 is 0. The van der Waals surface area contributed by atoms with Crippen LogP contribution in [0.5, 0.6) is 0 Å². The standard InChI is InChI=1S/C37H36O/c1-21(2)33(38)20-30-26-14-15-37(16-17-37)36-32(26)19-31(30)34(36)22(3)18-29-25-11-5-4-10-24(25)27-12-6-8-23-9-7-13-28(29)35(23)27/h4-15,26,29-32,34,36H,1,3,16-20H2,2H3. The smallest absolute Gasteiger partial charge is 0.158 e. The summed E-state index contributed by atoms with van der Waals surface area (Å²) in [5.74, 6) is 4.14. The van der Waals surface area contributed by atoms with Crippen LogP contribution in [0.1, 0.15) is 56.1 Å². The number of ketones is 1. The van der Waals surface area contributed by atoms with Crippen molar-refractivity contribution in [1.82, 2.24) is 0 Å². The van der Waals surface area contributed by atoms with E-state index in [1.165, 1.54) is 57.9 Å². The highest BCUT2D eigenvalue weighted by Crippen LogP contribution is 2.74. The molecule has 7 atom stereocenters. The zero-order chi connectivity index (χ0) is 25.8. The van der Waals surface area contributed by atoms with Crippen LogP contribution in [0.4, 0.5) is 0 Å². The Kier molecular flexibility index (Phi) is 4.74. The minimum atomic E-state index is 0.257. The molecule has 0 aromatic heterocycles. The van der Waals surface area contributed by atoms with Crippen molar-refractivity contribution in [3.05, 3.63) is 108 Å². The van der Waals surface area contributed by atoms with Crippen LogP contribution in [0.2, 0.25) is 0 Å². The van der Waals surface area contributed by atoms with Gasteiger partial charge in [-0.3, -0.25) is 4.79 Å². The van der Waals surface area contributed by atoms with Gasteiger partial charge in [0.25, 0.3) is 0 Å². The van der Waals surface area contributed by atoms with Crippen LogP contribution in [-0.2, 0) is 4.79 Å². The highest BCUT2D eigenvalue weighted by Gasteiger charge is 2.67. The molecule has 5 aliphatic carbocycles. The average Bonchev–Trinajstić information content (AvgIpc) is 3.46. The van der Waals surface area contributed by atoms with Gasteiger partial charge < -0.3 is 0 Å². The summed E-state index contributed by atoms with van der Waals surface area (Å²) in [4.78, 5) is 12.9. The zero-order valence-corrected chi connectivity index (χ0v) is 22.3. The molecular weight excluding hydrogens is 460 g/mol. The number of benzene rings is 3. The van der Waals surface area contributed by atoms with E-state index in [-0.39, 0.29) is 5.78 Å². The molecule has 3 fully saturated rings. The van der Waals surface area contributed by atoms with E-state index in [0.29, 0.717) is 52.9 Å². The molecule has 7 unspecified atom stereocenters. The second-order valence-corrected chi connectivity index (χ2v) is 13.1. The van der Waals surface area contributed by atoms with Crippen LogP contribution in [0.15, 0.2) is 97.1 Å². The number of rotatable bonds is 6. The van der Waals surface area contributed by atoms with E-state index >= 15 is 0 Å². The minimum absolute atomic E-state index is 0.257. The molecule has 3 saturated carbocycles. The van der Waals surface area contributed by atoms with Crippen molar-refractivity contribution in [3.8, 4) is 11.1 Å². The molecule has 0 heterocycles. The van der Waals surface area contributed by atoms with Gasteiger partial charge in [-0.25, -0.2) is 0 Å². The van der Waals surface area contributed by atoms with Gasteiger partial charge in [0.1, 0.15) is 0 Å². The third-order valence-electron chi connectivity index (χ3n) is 11.3. The summed E-state index contributed by atoms with van der Waals surface area (Å²) in [7, 11) is 0. The monoisotopic (exact) mass is 496 g/mol. The normalized spacial score (nSPS) is 32.4. The maximum absolute atomic E-state index is 12.9. The number of carbonyl (C=O) groups excluding carboxylic acids is 1. The van der Waals surface area contributed by atoms with Crippen LogP contribution >= 0.6 is 0 Å². The summed E-state index contributed by atoms with van der Waals surface area (Å²) in [5, 5.41) is 2.75. The maximum atomic E-state index is 12.9. The van der Waals surface area contributed by atoms with Crippen LogP contribution in [0.25, 0.3) is 21.9 Å². The van der Waals surface area contributed by atoms with E-state index in [4.69, 9.17) is 6.58 Å². The Morgan fingerprint density at radius 3 is 2.42 bits per heavy atom. The predicted molar refractivity (Wildman–Crippen MR) is 156 cm³/mol. The molecule has 5 aliphatic rings. The molecule has 8 rings (SSSR count). The van der Waals surface area contributed by atoms with Gasteiger partial charge in [0.05, 0.1) is 0 Å². The molecule has 38 heavy (non-hydrogen) atoms. The summed E-state index contributed by atoms with van der Waals surface area (Å²) in [6, 6.07) is 22.6. The second-order valence-electron chi connectivity index (χ2n) is 13.1. The van der Waals surface area contributed by atoms with E-state index in [9.17, 15) is 4.79 Å². The van der Waals surface area contributed by atoms with Gasteiger partial charge in [-0.2, -0.15) is 0 Å². The van der Waals surface area contributed by atoms with Crippen molar-refractivity contribution < 1.29 is 4.79 Å². The lowest BCUT2D eigenvalue weighted by Crippen LogP contribution is -2.42. The molecule has 190 valence electrons. The molecule has 0 saturated heterocycles. The van der Waals surface area contributed by atoms with Crippen molar-refractivity contribution in [3.63, 3.8) is 0 Å². The number of hydrogen-bond donors (Lipinski definition) is 0. The summed E-state index contributed by atoms with van der Waals surface area (Å²) in [5.41, 5.74) is 8.20. The Bertz CT molecular complexity index is 1560. The minimum Gasteiger partial charge on any atom is -0.295 e. The Labute approximate surface area is 226 Å². The molecule has 0 aliphatic heterocycles. The Morgan fingerprint density at radius 2 is 1.63 bits per heavy atom. The maximum Gasteiger partial charge on any atom is 0.158 e. The van der Waals surface area contributed by atoms with Crippen molar-refractivity contribution in [1.29, 1.82) is 0 Å². The summed E-state index contributed by atoms with van der Waals surface area (Å²) < 4.78 is 0. The largest absolute Gasteiger partial charge is 0.295 e. The topological polar surface area (TPSA) is 17.1 Å². The predicted octanol–water partition coefficient (Wildman–Crippen LogP) is 8.90. The van der Waals surface area contributed by atoms with Gasteiger partial charge in [-0.15, -0.1) is 0 Å². The lowest BCUT2D eigenvalue weighted by molar-refractivity contribution is -0.117. The van der Waals surface area contributed by atoms with Gasteiger partial charge in [-0.1, -0.05) is 91.5 Å². The van der Waals surface area contributed by atoms with Crippen LogP contribution < -0.4 is 0 Å². The molecule has 1 spiro atoms. The molecule has 1 heteroatoms. The van der Waals surface area contributed by atoms with E-state index in [0.717, 1.165) is 12.3 Å². The zero-order valence-electron chi connectivity index (χ0n) is 22.3. The van der Waals surface area contributed by atoms with Gasteiger partial charge in [-0.05, 0) is 112 Å². The van der Waals surface area contributed by atoms with Crippen LogP contribution in [0, 0.1) is 40.9 Å². The van der Waals surface area contributed by atoms with Crippen LogP contribution in [0.3, 0.4) is 0 Å². The van der Waals surface area contributed by atoms with Gasteiger partial charge >= 0.3 is 0 Å². The molecular formula is C37H36O. The number of fused-ring (bicyclic) bond motifs is 4. The molecule has 1 nitrogen and oxygen atoms in total. The van der Waals surface area contributed by atoms with E-state index in [1.807, 2.05) is 6.92 Å². The first-order valence-electron chi connectivity index (χ1n) is 14.6. The number of carbonyl (C=O) groups is 1. The van der Waals surface area contributed by atoms with E-state index < -0.39 is 0 Å². The van der Waals surface area contributed by atoms with Crippen molar-refractivity contribution in [2.45, 2.75) is 44.9 Å². The van der Waals surface area contributed by atoms with Gasteiger partial charge in [0.15, 0.2) is 5.78 Å². The van der Waals surface area contributed by atoms with Crippen LogP contribution in [-0.4, -0.2) is 5.78 Å². The Balaban J connectivity index is 1.19.